The van der Waals surface area contributed by atoms with Gasteiger partial charge in [-0.2, -0.15) is 0 Å². The number of sulfonamides is 1. The van der Waals surface area contributed by atoms with Crippen LogP contribution in [0.1, 0.15) is 28.7 Å². The van der Waals surface area contributed by atoms with E-state index in [2.05, 4.69) is 9.57 Å². The van der Waals surface area contributed by atoms with Crippen molar-refractivity contribution < 1.29 is 18.3 Å². The fourth-order valence-electron chi connectivity index (χ4n) is 3.65. The molecule has 7 nitrogen and oxygen atoms in total. The smallest absolute Gasteiger partial charge is 0.351 e. The van der Waals surface area contributed by atoms with Crippen molar-refractivity contribution in [2.75, 3.05) is 6.54 Å². The van der Waals surface area contributed by atoms with E-state index in [1.54, 1.807) is 48.0 Å². The molecule has 166 valence electrons. The van der Waals surface area contributed by atoms with Gasteiger partial charge in [0.05, 0.1) is 11.5 Å². The number of nitrogens with zero attached hydrogens (tertiary/aromatic N) is 2. The minimum Gasteiger partial charge on any atom is -0.477 e. The van der Waals surface area contributed by atoms with E-state index >= 15 is 0 Å². The van der Waals surface area contributed by atoms with E-state index in [0.29, 0.717) is 40.4 Å². The Morgan fingerprint density at radius 1 is 1.22 bits per heavy atom. The third kappa shape index (κ3) is 4.70. The highest BCUT2D eigenvalue weighted by Gasteiger charge is 2.25. The lowest BCUT2D eigenvalue weighted by atomic mass is 10.0. The van der Waals surface area contributed by atoms with E-state index in [9.17, 15) is 18.3 Å². The molecule has 0 saturated carbocycles. The summed E-state index contributed by atoms with van der Waals surface area (Å²) in [5.74, 6) is -1.09. The molecule has 0 radical (unpaired) electrons. The molecule has 3 aromatic rings. The Balaban J connectivity index is 1.79. The van der Waals surface area contributed by atoms with Crippen molar-refractivity contribution in [2.24, 2.45) is 7.05 Å². The van der Waals surface area contributed by atoms with E-state index in [0.717, 1.165) is 5.56 Å². The van der Waals surface area contributed by atoms with Crippen LogP contribution in [0.15, 0.2) is 53.4 Å². The first-order valence-corrected chi connectivity index (χ1v) is 11.7. The molecule has 0 amide bonds. The number of aromatic carboxylic acids is 1. The zero-order chi connectivity index (χ0) is 23.5. The first kappa shape index (κ1) is 23.5. The van der Waals surface area contributed by atoms with Gasteiger partial charge in [-0.1, -0.05) is 48.9 Å². The summed E-state index contributed by atoms with van der Waals surface area (Å²) in [4.78, 5) is 15.6. The molecule has 1 aromatic heterocycles. The van der Waals surface area contributed by atoms with Crippen molar-refractivity contribution in [1.82, 2.24) is 9.29 Å². The van der Waals surface area contributed by atoms with Crippen molar-refractivity contribution in [2.45, 2.75) is 24.7 Å². The lowest BCUT2D eigenvalue weighted by molar-refractivity contribution is 0.0687. The molecule has 9 heteroatoms. The number of halogens is 1. The zero-order valence-corrected chi connectivity index (χ0v) is 19.2. The Morgan fingerprint density at radius 3 is 2.47 bits per heavy atom. The maximum Gasteiger partial charge on any atom is 0.351 e. The normalized spacial score (nSPS) is 11.3. The van der Waals surface area contributed by atoms with E-state index in [1.165, 1.54) is 12.1 Å². The molecule has 0 unspecified atom stereocenters. The Kier molecular flexibility index (Phi) is 7.04. The second kappa shape index (κ2) is 9.57. The molecule has 0 spiro atoms. The topological polar surface area (TPSA) is 92.8 Å². The number of nitrogens with one attached hydrogen (secondary N) is 1. The van der Waals surface area contributed by atoms with Gasteiger partial charge in [-0.05, 0) is 42.2 Å². The third-order valence-electron chi connectivity index (χ3n) is 5.19. The van der Waals surface area contributed by atoms with Crippen LogP contribution in [-0.4, -0.2) is 30.6 Å². The Bertz CT molecular complexity index is 1310. The second-order valence-corrected chi connectivity index (χ2v) is 9.35. The first-order chi connectivity index (χ1) is 15.2. The molecule has 32 heavy (non-hydrogen) atoms. The molecule has 2 aromatic carbocycles. The predicted molar refractivity (Wildman–Crippen MR) is 124 cm³/mol. The van der Waals surface area contributed by atoms with Gasteiger partial charge < -0.3 is 9.67 Å². The monoisotopic (exact) mass is 471 g/mol. The van der Waals surface area contributed by atoms with Crippen LogP contribution in [0, 0.1) is 6.57 Å². The van der Waals surface area contributed by atoms with E-state index in [4.69, 9.17) is 18.2 Å². The molecular weight excluding hydrogens is 450 g/mol. The third-order valence-corrected chi connectivity index (χ3v) is 6.89. The van der Waals surface area contributed by atoms with Crippen LogP contribution in [0.3, 0.4) is 0 Å². The molecular formula is C23H22ClN3O4S. The van der Waals surface area contributed by atoms with Crippen molar-refractivity contribution >= 4 is 33.3 Å². The number of carbonyl (C=O) groups is 1. The van der Waals surface area contributed by atoms with Gasteiger partial charge in [0.15, 0.2) is 0 Å². The molecule has 0 bridgehead atoms. The molecule has 1 heterocycles. The lowest BCUT2D eigenvalue weighted by Crippen LogP contribution is -2.26. The SMILES string of the molecule is [C-]#[N+]c1c(-c2ccc(CCNS(=O)(=O)c3cccc(Cl)c3)cc2)c(C(=O)O)n(C)c1CC. The summed E-state index contributed by atoms with van der Waals surface area (Å²) in [6.07, 6.45) is 0.982. The predicted octanol–water partition coefficient (Wildman–Crippen LogP) is 4.68. The molecule has 0 fully saturated rings. The van der Waals surface area contributed by atoms with Crippen LogP contribution < -0.4 is 4.72 Å². The number of carboxylic acid groups (broad SMARTS) is 1. The van der Waals surface area contributed by atoms with Gasteiger partial charge in [0.25, 0.3) is 0 Å². The minimum absolute atomic E-state index is 0.0786. The van der Waals surface area contributed by atoms with Crippen molar-refractivity contribution in [3.8, 4) is 11.1 Å². The molecule has 0 aliphatic carbocycles. The van der Waals surface area contributed by atoms with Crippen molar-refractivity contribution in [1.29, 1.82) is 0 Å². The largest absolute Gasteiger partial charge is 0.477 e. The maximum atomic E-state index is 12.4. The van der Waals surface area contributed by atoms with Crippen LogP contribution >= 0.6 is 11.6 Å². The van der Waals surface area contributed by atoms with Gasteiger partial charge in [-0.25, -0.2) is 22.8 Å². The van der Waals surface area contributed by atoms with Gasteiger partial charge in [-0.3, -0.25) is 0 Å². The number of rotatable bonds is 8. The number of aromatic nitrogens is 1. The Morgan fingerprint density at radius 2 is 1.91 bits per heavy atom. The van der Waals surface area contributed by atoms with Crippen LogP contribution in [0.2, 0.25) is 5.02 Å². The van der Waals surface area contributed by atoms with Gasteiger partial charge in [0.1, 0.15) is 5.69 Å². The summed E-state index contributed by atoms with van der Waals surface area (Å²) < 4.78 is 28.9. The zero-order valence-electron chi connectivity index (χ0n) is 17.6. The number of carboxylic acids is 1. The van der Waals surface area contributed by atoms with E-state index in [-0.39, 0.29) is 17.1 Å². The highest BCUT2D eigenvalue weighted by Crippen LogP contribution is 2.39. The average Bonchev–Trinajstić information content (AvgIpc) is 3.05. The van der Waals surface area contributed by atoms with Crippen LogP contribution in [-0.2, 0) is 29.9 Å². The second-order valence-electron chi connectivity index (χ2n) is 7.15. The number of hydrogen-bond donors (Lipinski definition) is 2. The summed E-state index contributed by atoms with van der Waals surface area (Å²) in [7, 11) is -2.02. The van der Waals surface area contributed by atoms with Gasteiger partial charge in [0, 0.05) is 29.9 Å². The molecule has 0 aliphatic rings. The summed E-state index contributed by atoms with van der Waals surface area (Å²) in [5.41, 5.74) is 3.00. The first-order valence-electron chi connectivity index (χ1n) is 9.86. The van der Waals surface area contributed by atoms with Gasteiger partial charge in [0.2, 0.25) is 15.7 Å². The fourth-order valence-corrected chi connectivity index (χ4v) is 4.98. The highest BCUT2D eigenvalue weighted by atomic mass is 35.5. The molecule has 0 saturated heterocycles. The summed E-state index contributed by atoms with van der Waals surface area (Å²) in [6.45, 7) is 9.62. The average molecular weight is 472 g/mol. The summed E-state index contributed by atoms with van der Waals surface area (Å²) >= 11 is 5.87. The van der Waals surface area contributed by atoms with Crippen LogP contribution in [0.5, 0.6) is 0 Å². The molecule has 3 rings (SSSR count). The lowest BCUT2D eigenvalue weighted by Gasteiger charge is -2.09. The van der Waals surface area contributed by atoms with E-state index in [1.807, 2.05) is 6.92 Å². The maximum absolute atomic E-state index is 12.4. The Labute approximate surface area is 192 Å². The number of hydrogen-bond acceptors (Lipinski definition) is 3. The minimum atomic E-state index is -3.67. The summed E-state index contributed by atoms with van der Waals surface area (Å²) in [5, 5.41) is 10.0. The highest BCUT2D eigenvalue weighted by molar-refractivity contribution is 7.89. The van der Waals surface area contributed by atoms with Gasteiger partial charge >= 0.3 is 5.97 Å². The number of benzene rings is 2. The Hall–Kier alpha value is -3.12. The molecule has 0 aliphatic heterocycles. The van der Waals surface area contributed by atoms with Crippen LogP contribution in [0.25, 0.3) is 16.0 Å². The standard InChI is InChI=1S/C23H22ClN3O4S/c1-4-19-21(25-2)20(22(23(28)29)27(19)3)16-10-8-15(9-11-16)12-13-26-32(30,31)18-7-5-6-17(24)14-18/h5-11,14,26H,4,12-13H2,1,3H3,(H,28,29). The van der Waals surface area contributed by atoms with Crippen molar-refractivity contribution in [3.63, 3.8) is 0 Å². The van der Waals surface area contributed by atoms with Crippen molar-refractivity contribution in [3.05, 3.63) is 81.9 Å². The van der Waals surface area contributed by atoms with Gasteiger partial charge in [-0.15, -0.1) is 0 Å². The quantitative estimate of drug-likeness (QED) is 0.466. The summed E-state index contributed by atoms with van der Waals surface area (Å²) in [6, 6.07) is 13.2. The fraction of sp³-hybridized carbons (Fsp3) is 0.217. The molecule has 2 N–H and O–H groups in total. The molecule has 0 atom stereocenters. The van der Waals surface area contributed by atoms with E-state index < -0.39 is 16.0 Å². The van der Waals surface area contributed by atoms with Crippen LogP contribution in [0.4, 0.5) is 5.69 Å².